The smallest absolute Gasteiger partial charge is 0.138 e. The zero-order valence-electron chi connectivity index (χ0n) is 11.5. The molecule has 20 heavy (non-hydrogen) atoms. The summed E-state index contributed by atoms with van der Waals surface area (Å²) in [5.41, 5.74) is 1.17. The third-order valence-corrected chi connectivity index (χ3v) is 5.03. The van der Waals surface area contributed by atoms with Crippen molar-refractivity contribution in [1.82, 2.24) is 0 Å². The molecule has 4 heteroatoms. The number of rotatable bonds is 4. The minimum absolute atomic E-state index is 0.167. The summed E-state index contributed by atoms with van der Waals surface area (Å²) in [7, 11) is 0. The van der Waals surface area contributed by atoms with Crippen molar-refractivity contribution in [1.29, 1.82) is 0 Å². The topological polar surface area (TPSA) is 18.5 Å². The zero-order valence-corrected chi connectivity index (χ0v) is 13.1. The average Bonchev–Trinajstić information content (AvgIpc) is 3.08. The van der Waals surface area contributed by atoms with E-state index in [-0.39, 0.29) is 11.7 Å². The number of hydrogen-bond acceptors (Lipinski definition) is 2. The molecule has 1 aliphatic carbocycles. The number of halogens is 2. The molecule has 2 aliphatic rings. The number of ether oxygens (including phenoxy) is 2. The highest BCUT2D eigenvalue weighted by Crippen LogP contribution is 2.43. The largest absolute Gasteiger partial charge is 0.489 e. The van der Waals surface area contributed by atoms with E-state index in [9.17, 15) is 0 Å². The summed E-state index contributed by atoms with van der Waals surface area (Å²) in [6, 6.07) is 5.69. The molecule has 1 aromatic rings. The molecule has 0 radical (unpaired) electrons. The van der Waals surface area contributed by atoms with Crippen molar-refractivity contribution >= 4 is 23.2 Å². The van der Waals surface area contributed by atoms with Crippen molar-refractivity contribution in [2.75, 3.05) is 6.61 Å². The van der Waals surface area contributed by atoms with E-state index in [0.29, 0.717) is 17.5 Å². The fourth-order valence-electron chi connectivity index (χ4n) is 3.33. The molecule has 1 spiro atoms. The van der Waals surface area contributed by atoms with E-state index < -0.39 is 0 Å². The van der Waals surface area contributed by atoms with Gasteiger partial charge in [0.1, 0.15) is 12.4 Å². The van der Waals surface area contributed by atoms with Gasteiger partial charge in [-0.1, -0.05) is 30.5 Å². The van der Waals surface area contributed by atoms with Gasteiger partial charge in [-0.05, 0) is 43.4 Å². The fourth-order valence-corrected chi connectivity index (χ4v) is 3.75. The molecular weight excluding hydrogens is 295 g/mol. The van der Waals surface area contributed by atoms with E-state index in [2.05, 4.69) is 0 Å². The molecule has 0 aromatic heterocycles. The highest BCUT2D eigenvalue weighted by molar-refractivity contribution is 6.32. The van der Waals surface area contributed by atoms with Crippen LogP contribution in [0.5, 0.6) is 5.75 Å². The zero-order chi connectivity index (χ0) is 14.0. The lowest BCUT2D eigenvalue weighted by molar-refractivity contribution is -0.0508. The standard InChI is InChI=1S/C16H20Cl2O2/c17-10-12-3-4-15(14(18)9-12)19-11-13-5-8-16(20-13)6-1-2-7-16/h3-4,9,13H,1-2,5-8,10-11H2. The van der Waals surface area contributed by atoms with E-state index in [1.165, 1.54) is 32.1 Å². The summed E-state index contributed by atoms with van der Waals surface area (Å²) in [5, 5.41) is 0.622. The first-order chi connectivity index (χ1) is 9.71. The first-order valence-electron chi connectivity index (χ1n) is 7.36. The maximum absolute atomic E-state index is 6.23. The number of alkyl halides is 1. The Kier molecular flexibility index (Phi) is 4.44. The molecule has 0 bridgehead atoms. The molecule has 2 nitrogen and oxygen atoms in total. The molecule has 0 amide bonds. The Labute approximate surface area is 130 Å². The molecule has 1 aliphatic heterocycles. The molecule has 1 heterocycles. The predicted molar refractivity (Wildman–Crippen MR) is 81.8 cm³/mol. The van der Waals surface area contributed by atoms with Crippen molar-refractivity contribution in [2.24, 2.45) is 0 Å². The Hall–Kier alpha value is -0.440. The fraction of sp³-hybridized carbons (Fsp3) is 0.625. The molecule has 1 saturated heterocycles. The van der Waals surface area contributed by atoms with E-state index in [0.717, 1.165) is 17.7 Å². The molecular formula is C16H20Cl2O2. The Bertz CT molecular complexity index is 470. The van der Waals surface area contributed by atoms with Crippen LogP contribution in [0.15, 0.2) is 18.2 Å². The van der Waals surface area contributed by atoms with Gasteiger partial charge in [-0.15, -0.1) is 11.6 Å². The van der Waals surface area contributed by atoms with Crippen LogP contribution in [0.2, 0.25) is 5.02 Å². The van der Waals surface area contributed by atoms with Crippen LogP contribution in [0.3, 0.4) is 0 Å². The number of benzene rings is 1. The Morgan fingerprint density at radius 3 is 2.75 bits per heavy atom. The lowest BCUT2D eigenvalue weighted by Crippen LogP contribution is -2.27. The summed E-state index contributed by atoms with van der Waals surface area (Å²) < 4.78 is 12.1. The molecule has 0 N–H and O–H groups in total. The van der Waals surface area contributed by atoms with Crippen LogP contribution in [-0.4, -0.2) is 18.3 Å². The Morgan fingerprint density at radius 1 is 1.25 bits per heavy atom. The molecule has 2 fully saturated rings. The molecule has 1 aromatic carbocycles. The molecule has 3 rings (SSSR count). The third-order valence-electron chi connectivity index (χ3n) is 4.43. The van der Waals surface area contributed by atoms with Gasteiger partial charge in [0.2, 0.25) is 0 Å². The SMILES string of the molecule is ClCc1ccc(OCC2CCC3(CCCC3)O2)c(Cl)c1. The minimum Gasteiger partial charge on any atom is -0.489 e. The molecule has 1 unspecified atom stereocenters. The van der Waals surface area contributed by atoms with Crippen molar-refractivity contribution < 1.29 is 9.47 Å². The summed E-state index contributed by atoms with van der Waals surface area (Å²) in [4.78, 5) is 0. The first-order valence-corrected chi connectivity index (χ1v) is 8.27. The van der Waals surface area contributed by atoms with Crippen LogP contribution in [0, 0.1) is 0 Å². The summed E-state index contributed by atoms with van der Waals surface area (Å²) >= 11 is 12.0. The van der Waals surface area contributed by atoms with Gasteiger partial charge in [0, 0.05) is 5.88 Å². The lowest BCUT2D eigenvalue weighted by Gasteiger charge is -2.23. The van der Waals surface area contributed by atoms with Crippen LogP contribution >= 0.6 is 23.2 Å². The van der Waals surface area contributed by atoms with Crippen molar-refractivity contribution in [3.63, 3.8) is 0 Å². The van der Waals surface area contributed by atoms with Gasteiger partial charge >= 0.3 is 0 Å². The quantitative estimate of drug-likeness (QED) is 0.732. The summed E-state index contributed by atoms with van der Waals surface area (Å²) in [5.74, 6) is 1.19. The van der Waals surface area contributed by atoms with Crippen LogP contribution in [0.1, 0.15) is 44.1 Å². The minimum atomic E-state index is 0.167. The van der Waals surface area contributed by atoms with Gasteiger partial charge in [-0.3, -0.25) is 0 Å². The number of hydrogen-bond donors (Lipinski definition) is 0. The summed E-state index contributed by atoms with van der Waals surface area (Å²) in [6.07, 6.45) is 7.52. The van der Waals surface area contributed by atoms with Gasteiger partial charge < -0.3 is 9.47 Å². The first kappa shape index (κ1) is 14.5. The monoisotopic (exact) mass is 314 g/mol. The second-order valence-corrected chi connectivity index (χ2v) is 6.55. The molecule has 1 saturated carbocycles. The van der Waals surface area contributed by atoms with E-state index in [4.69, 9.17) is 32.7 Å². The van der Waals surface area contributed by atoms with E-state index in [1.54, 1.807) is 0 Å². The predicted octanol–water partition coefficient (Wildman–Crippen LogP) is 4.95. The Morgan fingerprint density at radius 2 is 2.05 bits per heavy atom. The van der Waals surface area contributed by atoms with Gasteiger partial charge in [0.05, 0.1) is 16.7 Å². The van der Waals surface area contributed by atoms with Crippen molar-refractivity contribution in [3.8, 4) is 5.75 Å². The van der Waals surface area contributed by atoms with Gasteiger partial charge in [0.25, 0.3) is 0 Å². The maximum atomic E-state index is 6.23. The second-order valence-electron chi connectivity index (χ2n) is 5.88. The van der Waals surface area contributed by atoms with E-state index in [1.807, 2.05) is 18.2 Å². The van der Waals surface area contributed by atoms with Crippen LogP contribution in [-0.2, 0) is 10.6 Å². The third kappa shape index (κ3) is 3.08. The molecule has 110 valence electrons. The van der Waals surface area contributed by atoms with Crippen LogP contribution in [0.4, 0.5) is 0 Å². The average molecular weight is 315 g/mol. The van der Waals surface area contributed by atoms with Gasteiger partial charge in [0.15, 0.2) is 0 Å². The van der Waals surface area contributed by atoms with Crippen molar-refractivity contribution in [2.45, 2.75) is 56.1 Å². The highest BCUT2D eigenvalue weighted by Gasteiger charge is 2.42. The van der Waals surface area contributed by atoms with Crippen LogP contribution in [0.25, 0.3) is 0 Å². The Balaban J connectivity index is 1.55. The summed E-state index contributed by atoms with van der Waals surface area (Å²) in [6.45, 7) is 0.585. The van der Waals surface area contributed by atoms with Crippen LogP contribution < -0.4 is 4.74 Å². The van der Waals surface area contributed by atoms with E-state index >= 15 is 0 Å². The van der Waals surface area contributed by atoms with Gasteiger partial charge in [-0.2, -0.15) is 0 Å². The highest BCUT2D eigenvalue weighted by atomic mass is 35.5. The second kappa shape index (κ2) is 6.13. The molecule has 1 atom stereocenters. The van der Waals surface area contributed by atoms with Gasteiger partial charge in [-0.25, -0.2) is 0 Å². The maximum Gasteiger partial charge on any atom is 0.138 e. The van der Waals surface area contributed by atoms with Crippen molar-refractivity contribution in [3.05, 3.63) is 28.8 Å². The lowest BCUT2D eigenvalue weighted by atomic mass is 9.98. The normalized spacial score (nSPS) is 24.4.